The fourth-order valence-corrected chi connectivity index (χ4v) is 2.53. The third kappa shape index (κ3) is 2.27. The van der Waals surface area contributed by atoms with Crippen LogP contribution < -0.4 is 0 Å². The summed E-state index contributed by atoms with van der Waals surface area (Å²) in [6.45, 7) is 0. The van der Waals surface area contributed by atoms with Crippen molar-refractivity contribution in [1.29, 1.82) is 0 Å². The molecule has 0 aromatic carbocycles. The van der Waals surface area contributed by atoms with Gasteiger partial charge in [-0.3, -0.25) is 5.10 Å². The van der Waals surface area contributed by atoms with Crippen molar-refractivity contribution < 1.29 is 0 Å². The Morgan fingerprint density at radius 2 is 2.29 bits per heavy atom. The first-order valence-electron chi connectivity index (χ1n) is 5.96. The third-order valence-corrected chi connectivity index (χ3v) is 4.11. The first-order valence-corrected chi connectivity index (χ1v) is 6.76. The Balaban J connectivity index is 1.76. The highest BCUT2D eigenvalue weighted by molar-refractivity contribution is 9.10. The summed E-state index contributed by atoms with van der Waals surface area (Å²) in [6, 6.07) is 6.24. The van der Waals surface area contributed by atoms with Crippen LogP contribution in [0.5, 0.6) is 0 Å². The predicted molar refractivity (Wildman–Crippen MR) is 69.9 cm³/mol. The molecule has 0 aliphatic heterocycles. The summed E-state index contributed by atoms with van der Waals surface area (Å²) < 4.78 is 0.916. The number of nitrogens with one attached hydrogen (secondary N) is 1. The number of hydrogen-bond acceptors (Lipinski definition) is 2. The summed E-state index contributed by atoms with van der Waals surface area (Å²) in [5.74, 6) is 0.692. The van der Waals surface area contributed by atoms with E-state index in [1.807, 2.05) is 6.07 Å². The van der Waals surface area contributed by atoms with Crippen LogP contribution in [-0.2, 0) is 6.42 Å². The van der Waals surface area contributed by atoms with Crippen molar-refractivity contribution in [2.24, 2.45) is 0 Å². The molecule has 0 saturated heterocycles. The van der Waals surface area contributed by atoms with Gasteiger partial charge >= 0.3 is 0 Å². The fraction of sp³-hybridized carbons (Fsp3) is 0.385. The van der Waals surface area contributed by atoms with E-state index >= 15 is 0 Å². The van der Waals surface area contributed by atoms with E-state index in [-0.39, 0.29) is 0 Å². The predicted octanol–water partition coefficient (Wildman–Crippen LogP) is 3.43. The molecule has 3 nitrogen and oxygen atoms in total. The largest absolute Gasteiger partial charge is 0.282 e. The van der Waals surface area contributed by atoms with Gasteiger partial charge in [-0.1, -0.05) is 12.5 Å². The SMILES string of the molecule is Brc1ncccc1Cc1cc(C2CCC2)n[nH]1. The van der Waals surface area contributed by atoms with Crippen LogP contribution in [0.4, 0.5) is 0 Å². The molecule has 0 spiro atoms. The molecule has 2 heterocycles. The van der Waals surface area contributed by atoms with Crippen LogP contribution in [0.25, 0.3) is 0 Å². The van der Waals surface area contributed by atoms with Crippen molar-refractivity contribution in [3.63, 3.8) is 0 Å². The van der Waals surface area contributed by atoms with E-state index < -0.39 is 0 Å². The quantitative estimate of drug-likeness (QED) is 0.881. The molecule has 0 amide bonds. The fourth-order valence-electron chi connectivity index (χ4n) is 2.14. The Hall–Kier alpha value is -1.16. The van der Waals surface area contributed by atoms with E-state index in [1.165, 1.54) is 36.2 Å². The van der Waals surface area contributed by atoms with Crippen LogP contribution in [0.3, 0.4) is 0 Å². The molecule has 1 saturated carbocycles. The highest BCUT2D eigenvalue weighted by atomic mass is 79.9. The maximum Gasteiger partial charge on any atom is 0.109 e. The summed E-state index contributed by atoms with van der Waals surface area (Å²) in [6.07, 6.45) is 6.58. The van der Waals surface area contributed by atoms with Crippen molar-refractivity contribution in [3.8, 4) is 0 Å². The van der Waals surface area contributed by atoms with Crippen LogP contribution >= 0.6 is 15.9 Å². The number of nitrogens with zero attached hydrogens (tertiary/aromatic N) is 2. The van der Waals surface area contributed by atoms with E-state index in [9.17, 15) is 0 Å². The number of hydrogen-bond donors (Lipinski definition) is 1. The molecule has 88 valence electrons. The van der Waals surface area contributed by atoms with Crippen molar-refractivity contribution in [3.05, 3.63) is 46.0 Å². The Morgan fingerprint density at radius 1 is 1.41 bits per heavy atom. The molecule has 1 N–H and O–H groups in total. The molecular formula is C13H14BrN3. The maximum atomic E-state index is 4.40. The first kappa shape index (κ1) is 11.0. The van der Waals surface area contributed by atoms with Gasteiger partial charge < -0.3 is 0 Å². The lowest BCUT2D eigenvalue weighted by molar-refractivity contribution is 0.410. The number of aromatic amines is 1. The van der Waals surface area contributed by atoms with Crippen molar-refractivity contribution in [2.75, 3.05) is 0 Å². The lowest BCUT2D eigenvalue weighted by Gasteiger charge is -2.22. The molecule has 0 bridgehead atoms. The molecule has 0 radical (unpaired) electrons. The number of rotatable bonds is 3. The minimum atomic E-state index is 0.692. The Kier molecular flexibility index (Phi) is 2.97. The molecule has 2 aromatic heterocycles. The molecule has 4 heteroatoms. The van der Waals surface area contributed by atoms with Gasteiger partial charge in [-0.05, 0) is 46.5 Å². The molecule has 1 aliphatic carbocycles. The molecule has 1 fully saturated rings. The molecular weight excluding hydrogens is 278 g/mol. The molecule has 3 rings (SSSR count). The lowest BCUT2D eigenvalue weighted by atomic mass is 9.83. The molecule has 0 atom stereocenters. The van der Waals surface area contributed by atoms with Crippen molar-refractivity contribution in [1.82, 2.24) is 15.2 Å². The summed E-state index contributed by atoms with van der Waals surface area (Å²) in [4.78, 5) is 4.23. The van der Waals surface area contributed by atoms with Gasteiger partial charge in [-0.25, -0.2) is 4.98 Å². The van der Waals surface area contributed by atoms with E-state index in [0.29, 0.717) is 5.92 Å². The molecule has 17 heavy (non-hydrogen) atoms. The van der Waals surface area contributed by atoms with Crippen LogP contribution in [0, 0.1) is 0 Å². The third-order valence-electron chi connectivity index (χ3n) is 3.39. The van der Waals surface area contributed by atoms with Gasteiger partial charge in [0.1, 0.15) is 4.60 Å². The molecule has 2 aromatic rings. The van der Waals surface area contributed by atoms with Crippen molar-refractivity contribution in [2.45, 2.75) is 31.6 Å². The topological polar surface area (TPSA) is 41.6 Å². The minimum absolute atomic E-state index is 0.692. The van der Waals surface area contributed by atoms with Gasteiger partial charge in [0.15, 0.2) is 0 Å². The Bertz CT molecular complexity index is 517. The van der Waals surface area contributed by atoms with Crippen LogP contribution in [0.15, 0.2) is 29.0 Å². The smallest absolute Gasteiger partial charge is 0.109 e. The zero-order chi connectivity index (χ0) is 11.7. The van der Waals surface area contributed by atoms with E-state index in [2.05, 4.69) is 43.2 Å². The van der Waals surface area contributed by atoms with E-state index in [4.69, 9.17) is 0 Å². The maximum absolute atomic E-state index is 4.40. The normalized spacial score (nSPS) is 15.8. The lowest BCUT2D eigenvalue weighted by Crippen LogP contribution is -2.08. The summed E-state index contributed by atoms with van der Waals surface area (Å²) in [5.41, 5.74) is 3.59. The highest BCUT2D eigenvalue weighted by Gasteiger charge is 2.22. The Morgan fingerprint density at radius 3 is 3.00 bits per heavy atom. The van der Waals surface area contributed by atoms with Gasteiger partial charge in [0, 0.05) is 24.2 Å². The summed E-state index contributed by atoms with van der Waals surface area (Å²) in [7, 11) is 0. The standard InChI is InChI=1S/C13H14BrN3/c14-13-10(5-2-6-15-13)7-11-8-12(17-16-11)9-3-1-4-9/h2,5-6,8-9H,1,3-4,7H2,(H,16,17). The van der Waals surface area contributed by atoms with E-state index in [0.717, 1.165) is 11.0 Å². The number of pyridine rings is 1. The second-order valence-corrected chi connectivity index (χ2v) is 5.33. The van der Waals surface area contributed by atoms with Gasteiger partial charge in [-0.2, -0.15) is 5.10 Å². The van der Waals surface area contributed by atoms with Gasteiger partial charge in [0.2, 0.25) is 0 Å². The molecule has 0 unspecified atom stereocenters. The molecule has 1 aliphatic rings. The zero-order valence-electron chi connectivity index (χ0n) is 9.49. The number of aromatic nitrogens is 3. The average molecular weight is 292 g/mol. The number of H-pyrrole nitrogens is 1. The van der Waals surface area contributed by atoms with Crippen LogP contribution in [-0.4, -0.2) is 15.2 Å². The zero-order valence-corrected chi connectivity index (χ0v) is 11.1. The second kappa shape index (κ2) is 4.61. The second-order valence-electron chi connectivity index (χ2n) is 4.58. The van der Waals surface area contributed by atoms with Crippen LogP contribution in [0.2, 0.25) is 0 Å². The number of halogens is 1. The average Bonchev–Trinajstić information content (AvgIpc) is 2.67. The van der Waals surface area contributed by atoms with E-state index in [1.54, 1.807) is 6.20 Å². The Labute approximate surface area is 109 Å². The van der Waals surface area contributed by atoms with Crippen LogP contribution in [0.1, 0.15) is 42.1 Å². The first-order chi connectivity index (χ1) is 8.33. The van der Waals surface area contributed by atoms with Gasteiger partial charge in [0.05, 0.1) is 5.69 Å². The monoisotopic (exact) mass is 291 g/mol. The summed E-state index contributed by atoms with van der Waals surface area (Å²) >= 11 is 3.47. The summed E-state index contributed by atoms with van der Waals surface area (Å²) in [5, 5.41) is 7.54. The van der Waals surface area contributed by atoms with Gasteiger partial charge in [0.25, 0.3) is 0 Å². The minimum Gasteiger partial charge on any atom is -0.282 e. The van der Waals surface area contributed by atoms with Gasteiger partial charge in [-0.15, -0.1) is 0 Å². The highest BCUT2D eigenvalue weighted by Crippen LogP contribution is 2.35. The van der Waals surface area contributed by atoms with Crippen molar-refractivity contribution >= 4 is 15.9 Å².